The van der Waals surface area contributed by atoms with Gasteiger partial charge in [0.25, 0.3) is 0 Å². The van der Waals surface area contributed by atoms with Crippen LogP contribution in [0.15, 0.2) is 30.7 Å². The highest BCUT2D eigenvalue weighted by Gasteiger charge is 2.00. The van der Waals surface area contributed by atoms with Gasteiger partial charge in [0.2, 0.25) is 5.88 Å². The molecule has 0 unspecified atom stereocenters. The van der Waals surface area contributed by atoms with Crippen LogP contribution in [0.25, 0.3) is 0 Å². The van der Waals surface area contributed by atoms with Crippen molar-refractivity contribution in [1.29, 1.82) is 0 Å². The lowest BCUT2D eigenvalue weighted by Gasteiger charge is -2.08. The Bertz CT molecular complexity index is 547. The summed E-state index contributed by atoms with van der Waals surface area (Å²) in [5.41, 5.74) is 1.08. The van der Waals surface area contributed by atoms with Crippen LogP contribution in [0.4, 0.5) is 11.6 Å². The van der Waals surface area contributed by atoms with Crippen molar-refractivity contribution in [1.82, 2.24) is 15.0 Å². The maximum Gasteiger partial charge on any atom is 0.213 e. The number of rotatable bonds is 7. The maximum absolute atomic E-state index is 5.10. The van der Waals surface area contributed by atoms with Crippen LogP contribution in [0.3, 0.4) is 0 Å². The topological polar surface area (TPSA) is 72.0 Å². The van der Waals surface area contributed by atoms with Crippen LogP contribution < -0.4 is 15.4 Å². The molecule has 20 heavy (non-hydrogen) atoms. The monoisotopic (exact) mass is 273 g/mol. The van der Waals surface area contributed by atoms with E-state index in [4.69, 9.17) is 4.74 Å². The van der Waals surface area contributed by atoms with Gasteiger partial charge in [0, 0.05) is 31.4 Å². The Balaban J connectivity index is 1.95. The summed E-state index contributed by atoms with van der Waals surface area (Å²) < 4.78 is 5.10. The third-order valence-electron chi connectivity index (χ3n) is 2.71. The minimum Gasteiger partial charge on any atom is -0.481 e. The zero-order valence-corrected chi connectivity index (χ0v) is 11.8. The van der Waals surface area contributed by atoms with E-state index in [2.05, 4.69) is 32.5 Å². The predicted molar refractivity (Wildman–Crippen MR) is 78.9 cm³/mol. The van der Waals surface area contributed by atoms with E-state index in [-0.39, 0.29) is 0 Å². The second-order valence-electron chi connectivity index (χ2n) is 4.28. The molecular formula is C14H19N5O. The predicted octanol–water partition coefficient (Wildman–Crippen LogP) is 2.31. The Morgan fingerprint density at radius 1 is 1.10 bits per heavy atom. The quantitative estimate of drug-likeness (QED) is 0.806. The molecule has 0 aliphatic carbocycles. The first-order valence-electron chi connectivity index (χ1n) is 6.60. The molecule has 0 spiro atoms. The van der Waals surface area contributed by atoms with E-state index in [0.717, 1.165) is 30.2 Å². The van der Waals surface area contributed by atoms with Crippen LogP contribution in [-0.2, 0) is 6.54 Å². The summed E-state index contributed by atoms with van der Waals surface area (Å²) >= 11 is 0. The van der Waals surface area contributed by atoms with Gasteiger partial charge in [0.15, 0.2) is 0 Å². The molecule has 0 atom stereocenters. The third-order valence-corrected chi connectivity index (χ3v) is 2.71. The lowest BCUT2D eigenvalue weighted by atomic mass is 10.2. The van der Waals surface area contributed by atoms with Gasteiger partial charge >= 0.3 is 0 Å². The van der Waals surface area contributed by atoms with Crippen molar-refractivity contribution in [3.05, 3.63) is 36.3 Å². The number of pyridine rings is 1. The lowest BCUT2D eigenvalue weighted by molar-refractivity contribution is 0.397. The smallest absolute Gasteiger partial charge is 0.213 e. The fourth-order valence-electron chi connectivity index (χ4n) is 1.67. The van der Waals surface area contributed by atoms with E-state index >= 15 is 0 Å². The number of hydrogen-bond acceptors (Lipinski definition) is 6. The molecule has 6 heteroatoms. The van der Waals surface area contributed by atoms with E-state index in [1.165, 1.54) is 0 Å². The van der Waals surface area contributed by atoms with Gasteiger partial charge < -0.3 is 15.4 Å². The van der Waals surface area contributed by atoms with Crippen molar-refractivity contribution in [3.8, 4) is 5.88 Å². The fourth-order valence-corrected chi connectivity index (χ4v) is 1.67. The second-order valence-corrected chi connectivity index (χ2v) is 4.28. The van der Waals surface area contributed by atoms with Crippen molar-refractivity contribution >= 4 is 11.6 Å². The molecule has 2 aromatic rings. The second kappa shape index (κ2) is 7.28. The van der Waals surface area contributed by atoms with Gasteiger partial charge in [-0.2, -0.15) is 0 Å². The number of nitrogens with zero attached hydrogens (tertiary/aromatic N) is 3. The van der Waals surface area contributed by atoms with Crippen molar-refractivity contribution in [2.45, 2.75) is 19.9 Å². The van der Waals surface area contributed by atoms with Gasteiger partial charge in [-0.1, -0.05) is 6.92 Å². The molecule has 2 heterocycles. The van der Waals surface area contributed by atoms with Gasteiger partial charge in [-0.15, -0.1) is 0 Å². The molecule has 106 valence electrons. The molecule has 2 rings (SSSR count). The average molecular weight is 273 g/mol. The molecule has 6 nitrogen and oxygen atoms in total. The number of aromatic nitrogens is 3. The molecule has 0 saturated heterocycles. The zero-order valence-electron chi connectivity index (χ0n) is 11.8. The van der Waals surface area contributed by atoms with E-state index in [1.54, 1.807) is 19.6 Å². The molecule has 0 fully saturated rings. The molecule has 0 saturated carbocycles. The van der Waals surface area contributed by atoms with Gasteiger partial charge in [-0.3, -0.25) is 0 Å². The van der Waals surface area contributed by atoms with Crippen molar-refractivity contribution in [3.63, 3.8) is 0 Å². The number of anilines is 2. The molecule has 0 aliphatic rings. The number of ether oxygens (including phenoxy) is 1. The summed E-state index contributed by atoms with van der Waals surface area (Å²) in [5.74, 6) is 2.23. The first kappa shape index (κ1) is 14.0. The standard InChI is InChI=1S/C14H19N5O/c1-3-5-15-12-8-13(19-10-18-12)17-9-11-4-6-16-14(7-11)20-2/h4,6-8,10H,3,5,9H2,1-2H3,(H2,15,17,18,19). The molecule has 2 aromatic heterocycles. The Morgan fingerprint density at radius 2 is 1.90 bits per heavy atom. The summed E-state index contributed by atoms with van der Waals surface area (Å²) in [6, 6.07) is 5.73. The molecule has 0 aromatic carbocycles. The summed E-state index contributed by atoms with van der Waals surface area (Å²) in [7, 11) is 1.61. The van der Waals surface area contributed by atoms with Crippen LogP contribution in [0.5, 0.6) is 5.88 Å². The highest BCUT2D eigenvalue weighted by molar-refractivity contribution is 5.46. The van der Waals surface area contributed by atoms with Gasteiger partial charge in [-0.25, -0.2) is 15.0 Å². The molecule has 0 radical (unpaired) electrons. The summed E-state index contributed by atoms with van der Waals surface area (Å²) in [5, 5.41) is 6.48. The summed E-state index contributed by atoms with van der Waals surface area (Å²) in [6.07, 6.45) is 4.33. The first-order valence-corrected chi connectivity index (χ1v) is 6.60. The van der Waals surface area contributed by atoms with Gasteiger partial charge in [0.1, 0.15) is 18.0 Å². The largest absolute Gasteiger partial charge is 0.481 e. The van der Waals surface area contributed by atoms with Gasteiger partial charge in [-0.05, 0) is 18.1 Å². The Hall–Kier alpha value is -2.37. The third kappa shape index (κ3) is 4.08. The van der Waals surface area contributed by atoms with Crippen LogP contribution in [0.2, 0.25) is 0 Å². The zero-order chi connectivity index (χ0) is 14.2. The molecule has 0 bridgehead atoms. The van der Waals surface area contributed by atoms with Gasteiger partial charge in [0.05, 0.1) is 7.11 Å². The fraction of sp³-hybridized carbons (Fsp3) is 0.357. The summed E-state index contributed by atoms with van der Waals surface area (Å²) in [4.78, 5) is 12.4. The minimum atomic E-state index is 0.609. The van der Waals surface area contributed by atoms with Crippen molar-refractivity contribution in [2.24, 2.45) is 0 Å². The highest BCUT2D eigenvalue weighted by Crippen LogP contribution is 2.12. The van der Waals surface area contributed by atoms with Crippen LogP contribution in [0.1, 0.15) is 18.9 Å². The number of nitrogens with one attached hydrogen (secondary N) is 2. The van der Waals surface area contributed by atoms with E-state index in [9.17, 15) is 0 Å². The minimum absolute atomic E-state index is 0.609. The van der Waals surface area contributed by atoms with Crippen LogP contribution in [-0.4, -0.2) is 28.6 Å². The van der Waals surface area contributed by atoms with E-state index in [0.29, 0.717) is 12.4 Å². The number of hydrogen-bond donors (Lipinski definition) is 2. The number of methoxy groups -OCH3 is 1. The highest BCUT2D eigenvalue weighted by atomic mass is 16.5. The van der Waals surface area contributed by atoms with Crippen LogP contribution in [0, 0.1) is 0 Å². The van der Waals surface area contributed by atoms with Crippen molar-refractivity contribution in [2.75, 3.05) is 24.3 Å². The Kier molecular flexibility index (Phi) is 5.11. The van der Waals surface area contributed by atoms with Crippen LogP contribution >= 0.6 is 0 Å². The average Bonchev–Trinajstić information content (AvgIpc) is 2.51. The molecule has 2 N–H and O–H groups in total. The maximum atomic E-state index is 5.10. The molecular weight excluding hydrogens is 254 g/mol. The molecule has 0 amide bonds. The summed E-state index contributed by atoms with van der Waals surface area (Å²) in [6.45, 7) is 3.67. The Morgan fingerprint density at radius 3 is 2.65 bits per heavy atom. The van der Waals surface area contributed by atoms with E-state index < -0.39 is 0 Å². The SMILES string of the molecule is CCCNc1cc(NCc2ccnc(OC)c2)ncn1. The Labute approximate surface area is 118 Å². The first-order chi connectivity index (χ1) is 9.81. The van der Waals surface area contributed by atoms with E-state index in [1.807, 2.05) is 18.2 Å². The van der Waals surface area contributed by atoms with Crippen molar-refractivity contribution < 1.29 is 4.74 Å². The molecule has 0 aliphatic heterocycles. The lowest BCUT2D eigenvalue weighted by Crippen LogP contribution is -2.05. The normalized spacial score (nSPS) is 10.1.